The Labute approximate surface area is 120 Å². The van der Waals surface area contributed by atoms with Crippen molar-refractivity contribution in [1.82, 2.24) is 0 Å². The van der Waals surface area contributed by atoms with E-state index in [-0.39, 0.29) is 123 Å². The average Bonchev–Trinajstić information content (AvgIpc) is 0. The smallest absolute Gasteiger partial charge is 1.00 e. The van der Waals surface area contributed by atoms with E-state index in [1.807, 2.05) is 0 Å². The second-order valence-corrected chi connectivity index (χ2v) is 0. The molecule has 0 bridgehead atoms. The molecule has 0 aliphatic heterocycles. The van der Waals surface area contributed by atoms with Crippen molar-refractivity contribution in [1.29, 1.82) is 0 Å². The summed E-state index contributed by atoms with van der Waals surface area (Å²) in [6.07, 6.45) is 0. The minimum atomic E-state index is 0. The number of hydrogen-bond acceptors (Lipinski definition) is 0. The number of hydrogen-bond donors (Lipinski definition) is 0. The molecular formula is Cl3CsCu. The third-order valence-corrected chi connectivity index (χ3v) is 0. The standard InChI is InChI=1S/3ClH.Cs.Cu/h3*1H;;/q;;;+1;+2/p-3. The van der Waals surface area contributed by atoms with Crippen LogP contribution in [0.4, 0.5) is 0 Å². The average molecular weight is 303 g/mol. The molecule has 0 N–H and O–H groups in total. The van der Waals surface area contributed by atoms with Crippen LogP contribution in [0.1, 0.15) is 0 Å². The van der Waals surface area contributed by atoms with Crippen molar-refractivity contribution in [2.45, 2.75) is 0 Å². The fraction of sp³-hybridized carbons (Fsp3) is 0. The maximum absolute atomic E-state index is 0. The molecule has 5 heteroatoms. The van der Waals surface area contributed by atoms with Crippen molar-refractivity contribution < 1.29 is 123 Å². The van der Waals surface area contributed by atoms with Gasteiger partial charge >= 0.3 is 86.0 Å². The minimum Gasteiger partial charge on any atom is -1.00 e. The minimum absolute atomic E-state index is 0. The van der Waals surface area contributed by atoms with Gasteiger partial charge < -0.3 is 37.2 Å². The van der Waals surface area contributed by atoms with Crippen LogP contribution in [0.5, 0.6) is 0 Å². The fourth-order valence-corrected chi connectivity index (χ4v) is 0. The van der Waals surface area contributed by atoms with E-state index in [2.05, 4.69) is 0 Å². The van der Waals surface area contributed by atoms with Gasteiger partial charge in [-0.05, 0) is 0 Å². The van der Waals surface area contributed by atoms with Crippen molar-refractivity contribution in [2.24, 2.45) is 0 Å². The van der Waals surface area contributed by atoms with Crippen molar-refractivity contribution in [3.05, 3.63) is 0 Å². The monoisotopic (exact) mass is 301 g/mol. The van der Waals surface area contributed by atoms with Crippen molar-refractivity contribution in [3.63, 3.8) is 0 Å². The molecule has 0 fully saturated rings. The summed E-state index contributed by atoms with van der Waals surface area (Å²) in [4.78, 5) is 0. The molecule has 0 nitrogen and oxygen atoms in total. The number of rotatable bonds is 0. The van der Waals surface area contributed by atoms with Crippen LogP contribution < -0.4 is 106 Å². The Kier molecular flexibility index (Phi) is 206. The van der Waals surface area contributed by atoms with Gasteiger partial charge in [-0.1, -0.05) is 0 Å². The van der Waals surface area contributed by atoms with Crippen LogP contribution in [0.2, 0.25) is 0 Å². The van der Waals surface area contributed by atoms with E-state index in [1.54, 1.807) is 0 Å². The molecule has 0 aromatic heterocycles. The Morgan fingerprint density at radius 1 is 0.600 bits per heavy atom. The van der Waals surface area contributed by atoms with Crippen molar-refractivity contribution >= 4 is 0 Å². The Morgan fingerprint density at radius 3 is 0.600 bits per heavy atom. The maximum atomic E-state index is 0. The Hall–Kier alpha value is 3.44. The van der Waals surface area contributed by atoms with Crippen molar-refractivity contribution in [2.75, 3.05) is 0 Å². The molecule has 0 heterocycles. The second-order valence-electron chi connectivity index (χ2n) is 0. The zero-order chi connectivity index (χ0) is 0. The molecule has 0 aliphatic rings. The molecule has 0 unspecified atom stereocenters. The van der Waals surface area contributed by atoms with E-state index in [0.29, 0.717) is 0 Å². The van der Waals surface area contributed by atoms with E-state index in [1.165, 1.54) is 0 Å². The fourth-order valence-electron chi connectivity index (χ4n) is 0. The summed E-state index contributed by atoms with van der Waals surface area (Å²) in [5, 5.41) is 0. The van der Waals surface area contributed by atoms with Gasteiger partial charge in [-0.15, -0.1) is 0 Å². The first-order valence-corrected chi connectivity index (χ1v) is 0. The van der Waals surface area contributed by atoms with Gasteiger partial charge in [0.15, 0.2) is 0 Å². The third-order valence-electron chi connectivity index (χ3n) is 0. The van der Waals surface area contributed by atoms with Crippen LogP contribution >= 0.6 is 0 Å². The number of halogens is 3. The van der Waals surface area contributed by atoms with Gasteiger partial charge in [0, 0.05) is 0 Å². The van der Waals surface area contributed by atoms with Crippen LogP contribution in [0.3, 0.4) is 0 Å². The van der Waals surface area contributed by atoms with Gasteiger partial charge in [0.1, 0.15) is 0 Å². The molecule has 0 atom stereocenters. The third kappa shape index (κ3) is 18.6. The van der Waals surface area contributed by atoms with E-state index >= 15 is 0 Å². The summed E-state index contributed by atoms with van der Waals surface area (Å²) in [6.45, 7) is 0. The van der Waals surface area contributed by atoms with Gasteiger partial charge in [-0.3, -0.25) is 0 Å². The summed E-state index contributed by atoms with van der Waals surface area (Å²) in [6, 6.07) is 0. The molecule has 0 saturated heterocycles. The van der Waals surface area contributed by atoms with Gasteiger partial charge in [0.2, 0.25) is 0 Å². The first kappa shape index (κ1) is 39.5. The van der Waals surface area contributed by atoms with Crippen LogP contribution in [0.15, 0.2) is 0 Å². The van der Waals surface area contributed by atoms with Gasteiger partial charge in [0.05, 0.1) is 0 Å². The van der Waals surface area contributed by atoms with E-state index < -0.39 is 0 Å². The quantitative estimate of drug-likeness (QED) is 0.390. The van der Waals surface area contributed by atoms with E-state index in [9.17, 15) is 0 Å². The predicted octanol–water partition coefficient (Wildman–Crippen LogP) is -12.0. The van der Waals surface area contributed by atoms with E-state index in [4.69, 9.17) is 0 Å². The van der Waals surface area contributed by atoms with Gasteiger partial charge in [-0.2, -0.15) is 0 Å². The van der Waals surface area contributed by atoms with Crippen LogP contribution in [-0.2, 0) is 17.1 Å². The van der Waals surface area contributed by atoms with Crippen LogP contribution in [-0.4, -0.2) is 0 Å². The first-order valence-electron chi connectivity index (χ1n) is 0. The maximum Gasteiger partial charge on any atom is 2.00 e. The first-order chi connectivity index (χ1) is 0. The topological polar surface area (TPSA) is 0 Å². The molecular weight excluding hydrogens is 303 g/mol. The molecule has 1 radical (unpaired) electrons. The van der Waals surface area contributed by atoms with Crippen molar-refractivity contribution in [3.8, 4) is 0 Å². The predicted molar refractivity (Wildman–Crippen MR) is 0 cm³/mol. The molecule has 0 aliphatic carbocycles. The zero-order valence-electron chi connectivity index (χ0n) is 2.44. The summed E-state index contributed by atoms with van der Waals surface area (Å²) < 4.78 is 0. The van der Waals surface area contributed by atoms with E-state index in [0.717, 1.165) is 0 Å². The Morgan fingerprint density at radius 2 is 0.600 bits per heavy atom. The molecule has 0 saturated carbocycles. The molecule has 0 spiro atoms. The Bertz CT molecular complexity index is 6.85. The molecule has 33 valence electrons. The summed E-state index contributed by atoms with van der Waals surface area (Å²) in [7, 11) is 0. The SMILES string of the molecule is [Cl-].[Cl-].[Cl-].[Cs+].[Cu+2]. The Balaban J connectivity index is 0. The molecule has 0 aromatic rings. The summed E-state index contributed by atoms with van der Waals surface area (Å²) in [5.74, 6) is 0. The normalized spacial score (nSPS) is 0. The molecule has 0 rings (SSSR count). The summed E-state index contributed by atoms with van der Waals surface area (Å²) >= 11 is 0. The largest absolute Gasteiger partial charge is 2.00 e. The zero-order valence-corrected chi connectivity index (χ0v) is 11.9. The summed E-state index contributed by atoms with van der Waals surface area (Å²) in [5.41, 5.74) is 0. The van der Waals surface area contributed by atoms with Gasteiger partial charge in [0.25, 0.3) is 0 Å². The van der Waals surface area contributed by atoms with Crippen LogP contribution in [0.25, 0.3) is 0 Å². The van der Waals surface area contributed by atoms with Crippen LogP contribution in [0, 0.1) is 0 Å². The molecule has 5 heavy (non-hydrogen) atoms. The molecule has 0 amide bonds. The second kappa shape index (κ2) is 26.1. The molecule has 0 aromatic carbocycles. The van der Waals surface area contributed by atoms with Gasteiger partial charge in [-0.25, -0.2) is 0 Å².